The van der Waals surface area contributed by atoms with E-state index in [2.05, 4.69) is 5.10 Å². The smallest absolute Gasteiger partial charge is 0.364 e. The van der Waals surface area contributed by atoms with Crippen LogP contribution in [0.4, 0.5) is 8.78 Å². The molecule has 0 N–H and O–H groups in total. The zero-order valence-corrected chi connectivity index (χ0v) is 16.1. The number of carbonyl (C=O) groups excluding carboxylic acids is 1. The standard InChI is InChI=1S/C22H17F2N3O3/c1-2-29-20-10-13(12-25)6-9-19(20)30-22(28)21-15-4-3-5-18(15)27(26-21)14-7-8-16(23)17(24)11-14/h6-11H,2-5H2,1H3. The molecule has 152 valence electrons. The fourth-order valence-electron chi connectivity index (χ4n) is 3.51. The van der Waals surface area contributed by atoms with E-state index < -0.39 is 17.6 Å². The highest BCUT2D eigenvalue weighted by Gasteiger charge is 2.29. The zero-order valence-electron chi connectivity index (χ0n) is 16.1. The van der Waals surface area contributed by atoms with Crippen LogP contribution in [0.1, 0.15) is 40.7 Å². The maximum absolute atomic E-state index is 13.7. The Bertz CT molecular complexity index is 1180. The highest BCUT2D eigenvalue weighted by Crippen LogP contribution is 2.32. The van der Waals surface area contributed by atoms with E-state index in [-0.39, 0.29) is 17.2 Å². The van der Waals surface area contributed by atoms with E-state index in [0.29, 0.717) is 30.7 Å². The molecule has 0 saturated heterocycles. The van der Waals surface area contributed by atoms with Crippen LogP contribution in [0, 0.1) is 23.0 Å². The van der Waals surface area contributed by atoms with E-state index >= 15 is 0 Å². The molecule has 0 saturated carbocycles. The minimum absolute atomic E-state index is 0.124. The number of esters is 1. The number of rotatable bonds is 5. The lowest BCUT2D eigenvalue weighted by atomic mass is 10.2. The Kier molecular flexibility index (Phi) is 5.19. The average molecular weight is 409 g/mol. The maximum Gasteiger partial charge on any atom is 0.364 e. The van der Waals surface area contributed by atoms with Crippen molar-refractivity contribution in [3.05, 3.63) is 70.5 Å². The minimum atomic E-state index is -0.988. The maximum atomic E-state index is 13.7. The van der Waals surface area contributed by atoms with Gasteiger partial charge in [-0.2, -0.15) is 10.4 Å². The zero-order chi connectivity index (χ0) is 21.3. The van der Waals surface area contributed by atoms with Crippen molar-refractivity contribution in [1.29, 1.82) is 5.26 Å². The first-order valence-electron chi connectivity index (χ1n) is 9.47. The SMILES string of the molecule is CCOc1cc(C#N)ccc1OC(=O)c1nn(-c2ccc(F)c(F)c2)c2c1CCC2. The van der Waals surface area contributed by atoms with Crippen LogP contribution in [0.2, 0.25) is 0 Å². The van der Waals surface area contributed by atoms with Gasteiger partial charge in [-0.3, -0.25) is 0 Å². The van der Waals surface area contributed by atoms with Gasteiger partial charge in [-0.15, -0.1) is 0 Å². The first-order chi connectivity index (χ1) is 14.5. The molecule has 0 radical (unpaired) electrons. The van der Waals surface area contributed by atoms with E-state index in [1.165, 1.54) is 28.9 Å². The van der Waals surface area contributed by atoms with Gasteiger partial charge in [0.15, 0.2) is 28.8 Å². The second-order valence-corrected chi connectivity index (χ2v) is 6.73. The lowest BCUT2D eigenvalue weighted by Gasteiger charge is -2.10. The third-order valence-electron chi connectivity index (χ3n) is 4.85. The van der Waals surface area contributed by atoms with Gasteiger partial charge in [0.1, 0.15) is 0 Å². The molecule has 1 heterocycles. The fourth-order valence-corrected chi connectivity index (χ4v) is 3.51. The Morgan fingerprint density at radius 3 is 2.73 bits per heavy atom. The summed E-state index contributed by atoms with van der Waals surface area (Å²) in [6, 6.07) is 10.0. The summed E-state index contributed by atoms with van der Waals surface area (Å²) in [5, 5.41) is 13.4. The third kappa shape index (κ3) is 3.50. The summed E-state index contributed by atoms with van der Waals surface area (Å²) < 4.78 is 39.5. The number of fused-ring (bicyclic) bond motifs is 1. The molecule has 0 fully saturated rings. The summed E-state index contributed by atoms with van der Waals surface area (Å²) >= 11 is 0. The van der Waals surface area contributed by atoms with E-state index in [0.717, 1.165) is 29.8 Å². The van der Waals surface area contributed by atoms with Crippen LogP contribution in [-0.2, 0) is 12.8 Å². The largest absolute Gasteiger partial charge is 0.490 e. The van der Waals surface area contributed by atoms with E-state index in [1.807, 2.05) is 6.07 Å². The van der Waals surface area contributed by atoms with Gasteiger partial charge >= 0.3 is 5.97 Å². The van der Waals surface area contributed by atoms with Crippen LogP contribution >= 0.6 is 0 Å². The molecule has 6 nitrogen and oxygen atoms in total. The topological polar surface area (TPSA) is 77.1 Å². The Morgan fingerprint density at radius 2 is 2.00 bits per heavy atom. The van der Waals surface area contributed by atoms with Crippen molar-refractivity contribution in [3.63, 3.8) is 0 Å². The molecule has 0 amide bonds. The molecule has 30 heavy (non-hydrogen) atoms. The Morgan fingerprint density at radius 1 is 1.17 bits per heavy atom. The molecule has 1 aliphatic carbocycles. The molecular formula is C22H17F2N3O3. The van der Waals surface area contributed by atoms with Gasteiger partial charge in [0, 0.05) is 23.4 Å². The molecule has 2 aromatic carbocycles. The number of nitrogens with zero attached hydrogens (tertiary/aromatic N) is 3. The molecular weight excluding hydrogens is 392 g/mol. The number of carbonyl (C=O) groups is 1. The van der Waals surface area contributed by atoms with Crippen molar-refractivity contribution in [2.75, 3.05) is 6.61 Å². The predicted octanol–water partition coefficient (Wildman–Crippen LogP) is 4.13. The van der Waals surface area contributed by atoms with E-state index in [9.17, 15) is 13.6 Å². The number of nitriles is 1. The van der Waals surface area contributed by atoms with Gasteiger partial charge in [0.05, 0.1) is 23.9 Å². The summed E-state index contributed by atoms with van der Waals surface area (Å²) in [4.78, 5) is 12.9. The average Bonchev–Trinajstić information content (AvgIpc) is 3.34. The molecule has 1 aromatic heterocycles. The molecule has 4 rings (SSSR count). The van der Waals surface area contributed by atoms with Crippen LogP contribution in [0.5, 0.6) is 11.5 Å². The van der Waals surface area contributed by atoms with Crippen LogP contribution in [0.25, 0.3) is 5.69 Å². The fraction of sp³-hybridized carbons (Fsp3) is 0.227. The number of hydrogen-bond donors (Lipinski definition) is 0. The molecule has 8 heteroatoms. The van der Waals surface area contributed by atoms with Gasteiger partial charge in [0.2, 0.25) is 0 Å². The Labute approximate surface area is 171 Å². The quantitative estimate of drug-likeness (QED) is 0.468. The van der Waals surface area contributed by atoms with Crippen molar-refractivity contribution >= 4 is 5.97 Å². The lowest BCUT2D eigenvalue weighted by Crippen LogP contribution is -2.13. The molecule has 0 unspecified atom stereocenters. The van der Waals surface area contributed by atoms with Gasteiger partial charge in [-0.1, -0.05) is 0 Å². The summed E-state index contributed by atoms with van der Waals surface area (Å²) in [6.07, 6.45) is 2.11. The first-order valence-corrected chi connectivity index (χ1v) is 9.47. The van der Waals surface area contributed by atoms with Crippen molar-refractivity contribution in [3.8, 4) is 23.3 Å². The summed E-state index contributed by atoms with van der Waals surface area (Å²) in [7, 11) is 0. The van der Waals surface area contributed by atoms with Crippen LogP contribution < -0.4 is 9.47 Å². The number of aromatic nitrogens is 2. The van der Waals surface area contributed by atoms with Crippen molar-refractivity contribution < 1.29 is 23.0 Å². The van der Waals surface area contributed by atoms with Gasteiger partial charge < -0.3 is 9.47 Å². The molecule has 3 aromatic rings. The van der Waals surface area contributed by atoms with Gasteiger partial charge in [0.25, 0.3) is 0 Å². The lowest BCUT2D eigenvalue weighted by molar-refractivity contribution is 0.0720. The van der Waals surface area contributed by atoms with Crippen molar-refractivity contribution in [2.45, 2.75) is 26.2 Å². The van der Waals surface area contributed by atoms with E-state index in [1.54, 1.807) is 6.92 Å². The number of hydrogen-bond acceptors (Lipinski definition) is 5. The van der Waals surface area contributed by atoms with Crippen LogP contribution in [0.15, 0.2) is 36.4 Å². The molecule has 0 atom stereocenters. The monoisotopic (exact) mass is 409 g/mol. The first kappa shape index (κ1) is 19.6. The van der Waals surface area contributed by atoms with Crippen LogP contribution in [-0.4, -0.2) is 22.4 Å². The van der Waals surface area contributed by atoms with Crippen molar-refractivity contribution in [2.24, 2.45) is 0 Å². The van der Waals surface area contributed by atoms with Crippen LogP contribution in [0.3, 0.4) is 0 Å². The molecule has 0 aliphatic heterocycles. The normalized spacial score (nSPS) is 12.3. The number of halogens is 2. The highest BCUT2D eigenvalue weighted by molar-refractivity contribution is 5.91. The summed E-state index contributed by atoms with van der Waals surface area (Å²) in [5.74, 6) is -2.17. The molecule has 0 bridgehead atoms. The van der Waals surface area contributed by atoms with Crippen molar-refractivity contribution in [1.82, 2.24) is 9.78 Å². The van der Waals surface area contributed by atoms with E-state index in [4.69, 9.17) is 14.7 Å². The predicted molar refractivity (Wildman–Crippen MR) is 103 cm³/mol. The minimum Gasteiger partial charge on any atom is -0.490 e. The molecule has 1 aliphatic rings. The second-order valence-electron chi connectivity index (χ2n) is 6.73. The Balaban J connectivity index is 1.69. The highest BCUT2D eigenvalue weighted by atomic mass is 19.2. The summed E-state index contributed by atoms with van der Waals surface area (Å²) in [6.45, 7) is 2.11. The molecule has 0 spiro atoms. The third-order valence-corrected chi connectivity index (χ3v) is 4.85. The van der Waals surface area contributed by atoms with Gasteiger partial charge in [-0.25, -0.2) is 18.3 Å². The second kappa shape index (κ2) is 7.95. The number of ether oxygens (including phenoxy) is 2. The summed E-state index contributed by atoms with van der Waals surface area (Å²) in [5.41, 5.74) is 2.34. The number of benzene rings is 2. The van der Waals surface area contributed by atoms with Gasteiger partial charge in [-0.05, 0) is 50.5 Å². The Hall–Kier alpha value is -3.73.